The van der Waals surface area contributed by atoms with Crippen LogP contribution in [-0.4, -0.2) is 27.9 Å². The SMILES string of the molecule is CNCCc1nn(C)cc1-c1cn(C)c2ccccc12. The summed E-state index contributed by atoms with van der Waals surface area (Å²) in [6.45, 7) is 0.939. The van der Waals surface area contributed by atoms with Crippen LogP contribution in [0.3, 0.4) is 0 Å². The normalized spacial score (nSPS) is 11.3. The van der Waals surface area contributed by atoms with Gasteiger partial charge in [-0.2, -0.15) is 5.10 Å². The van der Waals surface area contributed by atoms with Crippen molar-refractivity contribution in [3.05, 3.63) is 42.4 Å². The molecular weight excluding hydrogens is 248 g/mol. The van der Waals surface area contributed by atoms with E-state index in [2.05, 4.69) is 58.7 Å². The van der Waals surface area contributed by atoms with E-state index in [0.29, 0.717) is 0 Å². The molecule has 0 bridgehead atoms. The van der Waals surface area contributed by atoms with Crippen LogP contribution in [0.5, 0.6) is 0 Å². The summed E-state index contributed by atoms with van der Waals surface area (Å²) in [5.74, 6) is 0. The van der Waals surface area contributed by atoms with Gasteiger partial charge in [0.15, 0.2) is 0 Å². The number of hydrogen-bond acceptors (Lipinski definition) is 2. The van der Waals surface area contributed by atoms with Gasteiger partial charge in [0.25, 0.3) is 0 Å². The molecule has 2 heterocycles. The Bertz CT molecular complexity index is 736. The Balaban J connectivity index is 2.15. The molecule has 0 radical (unpaired) electrons. The highest BCUT2D eigenvalue weighted by Gasteiger charge is 2.14. The van der Waals surface area contributed by atoms with Crippen LogP contribution in [-0.2, 0) is 20.5 Å². The number of nitrogens with zero attached hydrogens (tertiary/aromatic N) is 3. The third-order valence-corrected chi connectivity index (χ3v) is 3.70. The number of aromatic nitrogens is 3. The van der Waals surface area contributed by atoms with Crippen LogP contribution in [0.25, 0.3) is 22.0 Å². The van der Waals surface area contributed by atoms with Gasteiger partial charge in [-0.05, 0) is 13.1 Å². The van der Waals surface area contributed by atoms with Gasteiger partial charge >= 0.3 is 0 Å². The number of nitrogens with one attached hydrogen (secondary N) is 1. The molecule has 1 aromatic carbocycles. The summed E-state index contributed by atoms with van der Waals surface area (Å²) in [4.78, 5) is 0. The number of hydrogen-bond donors (Lipinski definition) is 1. The highest BCUT2D eigenvalue weighted by atomic mass is 15.3. The molecular formula is C16H20N4. The molecule has 4 heteroatoms. The van der Waals surface area contributed by atoms with Crippen LogP contribution in [0.15, 0.2) is 36.7 Å². The standard InChI is InChI=1S/C16H20N4/c1-17-9-8-15-14(11-20(3)18-15)13-10-19(2)16-7-5-4-6-12(13)16/h4-7,10-11,17H,8-9H2,1-3H3. The van der Waals surface area contributed by atoms with Crippen LogP contribution in [0.4, 0.5) is 0 Å². The Kier molecular flexibility index (Phi) is 3.32. The molecule has 0 saturated heterocycles. The number of rotatable bonds is 4. The zero-order chi connectivity index (χ0) is 14.1. The molecule has 104 valence electrons. The van der Waals surface area contributed by atoms with Crippen molar-refractivity contribution >= 4 is 10.9 Å². The van der Waals surface area contributed by atoms with Crippen molar-refractivity contribution in [3.8, 4) is 11.1 Å². The lowest BCUT2D eigenvalue weighted by Crippen LogP contribution is -2.11. The average molecular weight is 268 g/mol. The maximum absolute atomic E-state index is 4.61. The molecule has 1 N–H and O–H groups in total. The minimum Gasteiger partial charge on any atom is -0.350 e. The van der Waals surface area contributed by atoms with Gasteiger partial charge in [-0.1, -0.05) is 18.2 Å². The van der Waals surface area contributed by atoms with E-state index in [9.17, 15) is 0 Å². The molecule has 20 heavy (non-hydrogen) atoms. The van der Waals surface area contributed by atoms with Crippen molar-refractivity contribution in [2.24, 2.45) is 14.1 Å². The van der Waals surface area contributed by atoms with E-state index in [1.807, 2.05) is 18.8 Å². The zero-order valence-electron chi connectivity index (χ0n) is 12.2. The molecule has 0 spiro atoms. The number of fused-ring (bicyclic) bond motifs is 1. The first-order valence-electron chi connectivity index (χ1n) is 6.92. The summed E-state index contributed by atoms with van der Waals surface area (Å²) in [5.41, 5.74) is 4.91. The predicted octanol–water partition coefficient (Wildman–Crippen LogP) is 2.34. The van der Waals surface area contributed by atoms with Crippen molar-refractivity contribution in [1.82, 2.24) is 19.7 Å². The third kappa shape index (κ3) is 2.12. The number of aryl methyl sites for hydroxylation is 2. The van der Waals surface area contributed by atoms with Crippen LogP contribution in [0, 0.1) is 0 Å². The van der Waals surface area contributed by atoms with Gasteiger partial charge in [-0.15, -0.1) is 0 Å². The maximum atomic E-state index is 4.61. The van der Waals surface area contributed by atoms with E-state index in [1.165, 1.54) is 22.0 Å². The van der Waals surface area contributed by atoms with E-state index in [0.717, 1.165) is 18.7 Å². The molecule has 4 nitrogen and oxygen atoms in total. The molecule has 0 atom stereocenters. The summed E-state index contributed by atoms with van der Waals surface area (Å²) in [5, 5.41) is 9.09. The molecule has 0 amide bonds. The maximum Gasteiger partial charge on any atom is 0.0716 e. The molecule has 0 aliphatic heterocycles. The highest BCUT2D eigenvalue weighted by Crippen LogP contribution is 2.32. The quantitative estimate of drug-likeness (QED) is 0.788. The predicted molar refractivity (Wildman–Crippen MR) is 82.8 cm³/mol. The average Bonchev–Trinajstić information content (AvgIpc) is 2.98. The summed E-state index contributed by atoms with van der Waals surface area (Å²) >= 11 is 0. The van der Waals surface area contributed by atoms with Gasteiger partial charge < -0.3 is 9.88 Å². The van der Waals surface area contributed by atoms with Gasteiger partial charge in [0.1, 0.15) is 0 Å². The fourth-order valence-corrected chi connectivity index (χ4v) is 2.74. The van der Waals surface area contributed by atoms with Crippen molar-refractivity contribution in [2.45, 2.75) is 6.42 Å². The van der Waals surface area contributed by atoms with Gasteiger partial charge in [0.05, 0.1) is 5.69 Å². The fourth-order valence-electron chi connectivity index (χ4n) is 2.74. The van der Waals surface area contributed by atoms with Crippen molar-refractivity contribution in [2.75, 3.05) is 13.6 Å². The molecule has 0 unspecified atom stereocenters. The van der Waals surface area contributed by atoms with E-state index >= 15 is 0 Å². The zero-order valence-corrected chi connectivity index (χ0v) is 12.2. The topological polar surface area (TPSA) is 34.8 Å². The van der Waals surface area contributed by atoms with E-state index in [-0.39, 0.29) is 0 Å². The first-order chi connectivity index (χ1) is 9.70. The van der Waals surface area contributed by atoms with E-state index < -0.39 is 0 Å². The first kappa shape index (κ1) is 12.9. The summed E-state index contributed by atoms with van der Waals surface area (Å²) in [6.07, 6.45) is 5.26. The number of likely N-dealkylation sites (N-methyl/N-ethyl adjacent to an activating group) is 1. The smallest absolute Gasteiger partial charge is 0.0716 e. The van der Waals surface area contributed by atoms with Gasteiger partial charge in [-0.25, -0.2) is 0 Å². The minimum atomic E-state index is 0.939. The monoisotopic (exact) mass is 268 g/mol. The number of para-hydroxylation sites is 1. The fraction of sp³-hybridized carbons (Fsp3) is 0.312. The molecule has 2 aromatic heterocycles. The lowest BCUT2D eigenvalue weighted by atomic mass is 10.0. The largest absolute Gasteiger partial charge is 0.350 e. The Labute approximate surface area is 119 Å². The molecule has 0 saturated carbocycles. The molecule has 3 aromatic rings. The summed E-state index contributed by atoms with van der Waals surface area (Å²) in [6, 6.07) is 8.51. The Morgan fingerprint density at radius 1 is 1.10 bits per heavy atom. The van der Waals surface area contributed by atoms with E-state index in [4.69, 9.17) is 0 Å². The van der Waals surface area contributed by atoms with Gasteiger partial charge in [0.2, 0.25) is 0 Å². The molecule has 0 aliphatic carbocycles. The second kappa shape index (κ2) is 5.13. The Hall–Kier alpha value is -2.07. The van der Waals surface area contributed by atoms with Crippen LogP contribution in [0.2, 0.25) is 0 Å². The lowest BCUT2D eigenvalue weighted by Gasteiger charge is -2.01. The third-order valence-electron chi connectivity index (χ3n) is 3.70. The molecule has 3 rings (SSSR count). The number of benzene rings is 1. The molecule has 0 aliphatic rings. The van der Waals surface area contributed by atoms with Crippen LogP contribution in [0.1, 0.15) is 5.69 Å². The summed E-state index contributed by atoms with van der Waals surface area (Å²) in [7, 11) is 6.05. The summed E-state index contributed by atoms with van der Waals surface area (Å²) < 4.78 is 4.08. The minimum absolute atomic E-state index is 0.939. The Morgan fingerprint density at radius 2 is 1.90 bits per heavy atom. The second-order valence-electron chi connectivity index (χ2n) is 5.19. The first-order valence-corrected chi connectivity index (χ1v) is 6.92. The van der Waals surface area contributed by atoms with Gasteiger partial charge in [-0.3, -0.25) is 4.68 Å². The van der Waals surface area contributed by atoms with Gasteiger partial charge in [0, 0.05) is 61.5 Å². The van der Waals surface area contributed by atoms with Crippen molar-refractivity contribution in [1.29, 1.82) is 0 Å². The molecule has 0 fully saturated rings. The lowest BCUT2D eigenvalue weighted by molar-refractivity contribution is 0.717. The van der Waals surface area contributed by atoms with Crippen LogP contribution < -0.4 is 5.32 Å². The van der Waals surface area contributed by atoms with Crippen molar-refractivity contribution in [3.63, 3.8) is 0 Å². The Morgan fingerprint density at radius 3 is 2.70 bits per heavy atom. The second-order valence-corrected chi connectivity index (χ2v) is 5.19. The van der Waals surface area contributed by atoms with Crippen molar-refractivity contribution < 1.29 is 0 Å². The van der Waals surface area contributed by atoms with E-state index in [1.54, 1.807) is 0 Å². The van der Waals surface area contributed by atoms with Crippen LogP contribution >= 0.6 is 0 Å². The highest BCUT2D eigenvalue weighted by molar-refractivity contribution is 5.96.